The van der Waals surface area contributed by atoms with Gasteiger partial charge in [0.05, 0.1) is 13.7 Å². The van der Waals surface area contributed by atoms with Gasteiger partial charge in [0.1, 0.15) is 11.6 Å². The third kappa shape index (κ3) is 5.12. The van der Waals surface area contributed by atoms with Gasteiger partial charge in [0.25, 0.3) is 0 Å². The van der Waals surface area contributed by atoms with Gasteiger partial charge in [-0.2, -0.15) is 0 Å². The van der Waals surface area contributed by atoms with E-state index in [1.807, 2.05) is 56.5 Å². The number of methoxy groups -OCH3 is 1. The third-order valence-corrected chi connectivity index (χ3v) is 3.99. The van der Waals surface area contributed by atoms with Crippen molar-refractivity contribution in [3.8, 4) is 5.75 Å². The molecule has 1 aromatic heterocycles. The zero-order valence-electron chi connectivity index (χ0n) is 16.4. The van der Waals surface area contributed by atoms with E-state index in [-0.39, 0.29) is 0 Å². The molecule has 0 atom stereocenters. The average molecular weight is 355 g/mol. The van der Waals surface area contributed by atoms with Crippen molar-refractivity contribution in [2.45, 2.75) is 20.0 Å². The van der Waals surface area contributed by atoms with E-state index >= 15 is 0 Å². The predicted octanol–water partition coefficient (Wildman–Crippen LogP) is 2.75. The van der Waals surface area contributed by atoms with Crippen LogP contribution in [0.5, 0.6) is 5.75 Å². The molecule has 0 saturated heterocycles. The van der Waals surface area contributed by atoms with Gasteiger partial charge in [0, 0.05) is 51.6 Å². The molecule has 0 bridgehead atoms. The molecule has 0 aliphatic rings. The van der Waals surface area contributed by atoms with Crippen LogP contribution in [0.4, 0.5) is 5.82 Å². The van der Waals surface area contributed by atoms with Gasteiger partial charge in [0.15, 0.2) is 5.96 Å². The van der Waals surface area contributed by atoms with Gasteiger partial charge < -0.3 is 19.9 Å². The maximum atomic E-state index is 5.46. The largest absolute Gasteiger partial charge is 0.496 e. The number of hydrogen-bond acceptors (Lipinski definition) is 4. The zero-order valence-corrected chi connectivity index (χ0v) is 16.4. The summed E-state index contributed by atoms with van der Waals surface area (Å²) in [5.74, 6) is 2.68. The number of nitrogens with zero attached hydrogens (tertiary/aromatic N) is 4. The first-order valence-corrected chi connectivity index (χ1v) is 8.79. The maximum absolute atomic E-state index is 5.46. The summed E-state index contributed by atoms with van der Waals surface area (Å²) in [6.07, 6.45) is 1.81. The van der Waals surface area contributed by atoms with Crippen molar-refractivity contribution >= 4 is 11.8 Å². The number of nitrogens with one attached hydrogen (secondary N) is 1. The molecule has 1 aromatic carbocycles. The maximum Gasteiger partial charge on any atom is 0.194 e. The summed E-state index contributed by atoms with van der Waals surface area (Å²) < 4.78 is 5.46. The topological polar surface area (TPSA) is 53.0 Å². The Morgan fingerprint density at radius 2 is 1.85 bits per heavy atom. The summed E-state index contributed by atoms with van der Waals surface area (Å²) in [6.45, 7) is 4.16. The van der Waals surface area contributed by atoms with E-state index in [9.17, 15) is 0 Å². The molecule has 0 radical (unpaired) electrons. The Kier molecular flexibility index (Phi) is 7.26. The van der Waals surface area contributed by atoms with E-state index in [1.54, 1.807) is 7.11 Å². The predicted molar refractivity (Wildman–Crippen MR) is 108 cm³/mol. The molecule has 140 valence electrons. The van der Waals surface area contributed by atoms with Crippen LogP contribution in [0.25, 0.3) is 0 Å². The summed E-state index contributed by atoms with van der Waals surface area (Å²) in [6, 6.07) is 12.1. The quantitative estimate of drug-likeness (QED) is 0.611. The molecule has 0 amide bonds. The van der Waals surface area contributed by atoms with Crippen LogP contribution < -0.4 is 15.0 Å². The third-order valence-electron chi connectivity index (χ3n) is 3.99. The van der Waals surface area contributed by atoms with Gasteiger partial charge in [0.2, 0.25) is 0 Å². The second-order valence-electron chi connectivity index (χ2n) is 6.22. The van der Waals surface area contributed by atoms with Crippen LogP contribution in [0, 0.1) is 0 Å². The van der Waals surface area contributed by atoms with E-state index < -0.39 is 0 Å². The van der Waals surface area contributed by atoms with Gasteiger partial charge in [-0.25, -0.2) is 9.98 Å². The number of guanidine groups is 1. The first kappa shape index (κ1) is 19.6. The van der Waals surface area contributed by atoms with Crippen molar-refractivity contribution in [2.24, 2.45) is 4.99 Å². The normalized spacial score (nSPS) is 11.2. The van der Waals surface area contributed by atoms with Crippen LogP contribution in [0.3, 0.4) is 0 Å². The Hall–Kier alpha value is -2.76. The lowest BCUT2D eigenvalue weighted by Crippen LogP contribution is -2.38. The first-order chi connectivity index (χ1) is 12.6. The highest BCUT2D eigenvalue weighted by molar-refractivity contribution is 5.79. The van der Waals surface area contributed by atoms with Crippen molar-refractivity contribution in [2.75, 3.05) is 39.7 Å². The molecule has 6 heteroatoms. The smallest absolute Gasteiger partial charge is 0.194 e. The van der Waals surface area contributed by atoms with E-state index in [1.165, 1.54) is 0 Å². The summed E-state index contributed by atoms with van der Waals surface area (Å²) in [7, 11) is 7.72. The van der Waals surface area contributed by atoms with E-state index in [2.05, 4.69) is 34.3 Å². The van der Waals surface area contributed by atoms with Gasteiger partial charge in [-0.05, 0) is 19.1 Å². The highest BCUT2D eigenvalue weighted by atomic mass is 16.5. The van der Waals surface area contributed by atoms with Gasteiger partial charge in [-0.3, -0.25) is 0 Å². The Balaban J connectivity index is 2.18. The second-order valence-corrected chi connectivity index (χ2v) is 6.22. The molecule has 1 heterocycles. The fourth-order valence-electron chi connectivity index (χ4n) is 2.75. The molecule has 0 aliphatic carbocycles. The van der Waals surface area contributed by atoms with Crippen LogP contribution >= 0.6 is 0 Å². The van der Waals surface area contributed by atoms with Gasteiger partial charge >= 0.3 is 0 Å². The Morgan fingerprint density at radius 1 is 1.12 bits per heavy atom. The molecule has 2 aromatic rings. The monoisotopic (exact) mass is 355 g/mol. The van der Waals surface area contributed by atoms with Crippen molar-refractivity contribution in [1.29, 1.82) is 0 Å². The number of anilines is 1. The number of benzene rings is 1. The summed E-state index contributed by atoms with van der Waals surface area (Å²) in [4.78, 5) is 13.4. The number of para-hydroxylation sites is 1. The van der Waals surface area contributed by atoms with Crippen LogP contribution in [0.2, 0.25) is 0 Å². The minimum absolute atomic E-state index is 0.569. The summed E-state index contributed by atoms with van der Waals surface area (Å²) >= 11 is 0. The van der Waals surface area contributed by atoms with E-state index in [4.69, 9.17) is 9.73 Å². The standard InChI is InChI=1S/C20H29N5O/c1-6-21-20(23-14-16-11-9-13-22-19(16)24(2)3)25(4)15-17-10-7-8-12-18(17)26-5/h7-13H,6,14-15H2,1-5H3,(H,21,23). The molecular formula is C20H29N5O. The summed E-state index contributed by atoms with van der Waals surface area (Å²) in [5, 5.41) is 3.36. The minimum Gasteiger partial charge on any atom is -0.496 e. The molecular weight excluding hydrogens is 326 g/mol. The molecule has 0 fully saturated rings. The Labute approximate surface area is 156 Å². The van der Waals surface area contributed by atoms with Crippen LogP contribution in [0.1, 0.15) is 18.1 Å². The number of ether oxygens (including phenoxy) is 1. The Morgan fingerprint density at radius 3 is 2.54 bits per heavy atom. The average Bonchev–Trinajstić information content (AvgIpc) is 2.65. The number of pyridine rings is 1. The van der Waals surface area contributed by atoms with E-state index in [0.717, 1.165) is 35.2 Å². The van der Waals surface area contributed by atoms with Crippen LogP contribution in [0.15, 0.2) is 47.6 Å². The van der Waals surface area contributed by atoms with Gasteiger partial charge in [-0.1, -0.05) is 24.3 Å². The van der Waals surface area contributed by atoms with Crippen molar-refractivity contribution in [3.63, 3.8) is 0 Å². The highest BCUT2D eigenvalue weighted by Gasteiger charge is 2.11. The number of aliphatic imine (C=N–C) groups is 1. The molecule has 6 nitrogen and oxygen atoms in total. The number of rotatable bonds is 7. The molecule has 0 saturated carbocycles. The van der Waals surface area contributed by atoms with Crippen molar-refractivity contribution in [3.05, 3.63) is 53.7 Å². The number of aromatic nitrogens is 1. The SMILES string of the molecule is CCNC(=NCc1cccnc1N(C)C)N(C)Cc1ccccc1OC. The minimum atomic E-state index is 0.569. The summed E-state index contributed by atoms with van der Waals surface area (Å²) in [5.41, 5.74) is 2.22. The Bertz CT molecular complexity index is 730. The fourth-order valence-corrected chi connectivity index (χ4v) is 2.75. The van der Waals surface area contributed by atoms with Gasteiger partial charge in [-0.15, -0.1) is 0 Å². The molecule has 0 aliphatic heterocycles. The van der Waals surface area contributed by atoms with E-state index in [0.29, 0.717) is 13.1 Å². The van der Waals surface area contributed by atoms with Crippen LogP contribution in [-0.4, -0.2) is 50.6 Å². The molecule has 0 spiro atoms. The van der Waals surface area contributed by atoms with Crippen molar-refractivity contribution in [1.82, 2.24) is 15.2 Å². The zero-order chi connectivity index (χ0) is 18.9. The number of hydrogen-bond donors (Lipinski definition) is 1. The lowest BCUT2D eigenvalue weighted by atomic mass is 10.2. The lowest BCUT2D eigenvalue weighted by Gasteiger charge is -2.23. The molecule has 2 rings (SSSR count). The highest BCUT2D eigenvalue weighted by Crippen LogP contribution is 2.19. The molecule has 0 unspecified atom stereocenters. The van der Waals surface area contributed by atoms with Crippen molar-refractivity contribution < 1.29 is 4.74 Å². The molecule has 26 heavy (non-hydrogen) atoms. The fraction of sp³-hybridized carbons (Fsp3) is 0.400. The molecule has 1 N–H and O–H groups in total. The van der Waals surface area contributed by atoms with Crippen LogP contribution in [-0.2, 0) is 13.1 Å². The lowest BCUT2D eigenvalue weighted by molar-refractivity contribution is 0.396. The second kappa shape index (κ2) is 9.65. The first-order valence-electron chi connectivity index (χ1n) is 8.79.